The van der Waals surface area contributed by atoms with Crippen LogP contribution in [-0.4, -0.2) is 55.4 Å². The van der Waals surface area contributed by atoms with E-state index in [-0.39, 0.29) is 23.3 Å². The van der Waals surface area contributed by atoms with Crippen molar-refractivity contribution in [1.29, 1.82) is 0 Å². The van der Waals surface area contributed by atoms with Crippen molar-refractivity contribution in [2.24, 2.45) is 0 Å². The molecule has 1 fully saturated rings. The Morgan fingerprint density at radius 2 is 2.00 bits per heavy atom. The molecular formula is C22H22F2N6O5. The number of benzene rings is 1. The van der Waals surface area contributed by atoms with Gasteiger partial charge in [0.15, 0.2) is 5.65 Å². The van der Waals surface area contributed by atoms with Gasteiger partial charge in [0.05, 0.1) is 12.2 Å². The number of fused-ring (bicyclic) bond motifs is 1. The van der Waals surface area contributed by atoms with Gasteiger partial charge in [-0.3, -0.25) is 4.79 Å². The number of nitrogens with one attached hydrogen (secondary N) is 2. The third-order valence-electron chi connectivity index (χ3n) is 5.72. The normalized spacial score (nSPS) is 16.3. The standard InChI is InChI=1S/C22H22F2N6O5/c23-12-3-4-14(24)13(10-12)17-2-1-8-29(17)18-7-9-30-20(28-18)16(11-25-30)27-22(35)26-15(21(33)34)5-6-19(31)32/h3-4,7,9-11,15,17H,1-2,5-6,8H2,(H,31,32)(H,33,34)(H2,26,27,35)/t15-,17+/m0/s1. The number of aromatic nitrogens is 3. The molecule has 2 atom stereocenters. The van der Waals surface area contributed by atoms with Crippen LogP contribution < -0.4 is 15.5 Å². The first kappa shape index (κ1) is 23.9. The van der Waals surface area contributed by atoms with Gasteiger partial charge >= 0.3 is 18.0 Å². The van der Waals surface area contributed by atoms with Crippen LogP contribution in [0.2, 0.25) is 0 Å². The van der Waals surface area contributed by atoms with Crippen LogP contribution in [0.3, 0.4) is 0 Å². The second-order valence-corrected chi connectivity index (χ2v) is 8.05. The van der Waals surface area contributed by atoms with E-state index in [2.05, 4.69) is 20.7 Å². The van der Waals surface area contributed by atoms with E-state index in [0.717, 1.165) is 18.6 Å². The molecule has 4 N–H and O–H groups in total. The molecule has 35 heavy (non-hydrogen) atoms. The van der Waals surface area contributed by atoms with Crippen LogP contribution in [0.15, 0.2) is 36.7 Å². The van der Waals surface area contributed by atoms with E-state index in [9.17, 15) is 28.3 Å². The van der Waals surface area contributed by atoms with Crippen LogP contribution in [0.4, 0.5) is 25.1 Å². The Labute approximate surface area is 197 Å². The lowest BCUT2D eigenvalue weighted by molar-refractivity contribution is -0.140. The maximum atomic E-state index is 14.4. The quantitative estimate of drug-likeness (QED) is 0.378. The summed E-state index contributed by atoms with van der Waals surface area (Å²) >= 11 is 0. The van der Waals surface area contributed by atoms with Gasteiger partial charge in [0.2, 0.25) is 0 Å². The highest BCUT2D eigenvalue weighted by molar-refractivity contribution is 5.95. The van der Waals surface area contributed by atoms with Crippen molar-refractivity contribution < 1.29 is 33.4 Å². The topological polar surface area (TPSA) is 149 Å². The Morgan fingerprint density at radius 1 is 1.20 bits per heavy atom. The van der Waals surface area contributed by atoms with Crippen LogP contribution in [0, 0.1) is 11.6 Å². The largest absolute Gasteiger partial charge is 0.481 e. The van der Waals surface area contributed by atoms with E-state index >= 15 is 0 Å². The fourth-order valence-electron chi connectivity index (χ4n) is 4.08. The van der Waals surface area contributed by atoms with E-state index in [1.807, 2.05) is 4.90 Å². The summed E-state index contributed by atoms with van der Waals surface area (Å²) in [5.41, 5.74) is 0.663. The molecule has 13 heteroatoms. The number of rotatable bonds is 8. The highest BCUT2D eigenvalue weighted by Gasteiger charge is 2.30. The zero-order valence-corrected chi connectivity index (χ0v) is 18.3. The van der Waals surface area contributed by atoms with Gasteiger partial charge in [0.1, 0.15) is 29.2 Å². The van der Waals surface area contributed by atoms with Crippen molar-refractivity contribution in [2.75, 3.05) is 16.8 Å². The van der Waals surface area contributed by atoms with Crippen LogP contribution in [0.5, 0.6) is 0 Å². The molecule has 184 valence electrons. The van der Waals surface area contributed by atoms with Crippen LogP contribution >= 0.6 is 0 Å². The third-order valence-corrected chi connectivity index (χ3v) is 5.72. The number of carboxylic acids is 2. The molecule has 1 saturated heterocycles. The van der Waals surface area contributed by atoms with E-state index in [0.29, 0.717) is 18.8 Å². The van der Waals surface area contributed by atoms with E-state index < -0.39 is 48.1 Å². The maximum Gasteiger partial charge on any atom is 0.326 e. The first-order valence-electron chi connectivity index (χ1n) is 10.8. The fourth-order valence-corrected chi connectivity index (χ4v) is 4.08. The number of halogens is 2. The minimum absolute atomic E-state index is 0.180. The SMILES string of the molecule is O=C(O)CC[C@H](NC(=O)Nc1cnn2ccc(N3CCC[C@@H]3c3cc(F)ccc3F)nc12)C(=O)O. The smallest absolute Gasteiger partial charge is 0.326 e. The third kappa shape index (κ3) is 5.28. The molecular weight excluding hydrogens is 466 g/mol. The minimum atomic E-state index is -1.40. The van der Waals surface area contributed by atoms with Gasteiger partial charge < -0.3 is 25.7 Å². The van der Waals surface area contributed by atoms with Gasteiger partial charge in [-0.1, -0.05) is 0 Å². The molecule has 3 aromatic rings. The molecule has 1 aliphatic heterocycles. The average molecular weight is 488 g/mol. The number of carbonyl (C=O) groups is 3. The van der Waals surface area contributed by atoms with Gasteiger partial charge in [-0.15, -0.1) is 0 Å². The minimum Gasteiger partial charge on any atom is -0.481 e. The summed E-state index contributed by atoms with van der Waals surface area (Å²) in [6.07, 6.45) is 3.56. The first-order chi connectivity index (χ1) is 16.7. The van der Waals surface area contributed by atoms with Crippen molar-refractivity contribution in [3.63, 3.8) is 0 Å². The number of hydrogen-bond acceptors (Lipinski definition) is 6. The number of hydrogen-bond donors (Lipinski definition) is 4. The highest BCUT2D eigenvalue weighted by Crippen LogP contribution is 2.37. The molecule has 1 aromatic carbocycles. The summed E-state index contributed by atoms with van der Waals surface area (Å²) < 4.78 is 29.6. The lowest BCUT2D eigenvalue weighted by Crippen LogP contribution is -2.43. The lowest BCUT2D eigenvalue weighted by Gasteiger charge is -2.26. The second-order valence-electron chi connectivity index (χ2n) is 8.05. The molecule has 0 radical (unpaired) electrons. The Balaban J connectivity index is 1.55. The average Bonchev–Trinajstić information content (AvgIpc) is 3.45. The second kappa shape index (κ2) is 9.91. The Morgan fingerprint density at radius 3 is 2.74 bits per heavy atom. The summed E-state index contributed by atoms with van der Waals surface area (Å²) in [5.74, 6) is -3.13. The summed E-state index contributed by atoms with van der Waals surface area (Å²) in [4.78, 5) is 40.8. The monoisotopic (exact) mass is 488 g/mol. The Bertz CT molecular complexity index is 1280. The number of nitrogens with zero attached hydrogens (tertiary/aromatic N) is 4. The van der Waals surface area contributed by atoms with Gasteiger partial charge in [-0.25, -0.2) is 27.9 Å². The van der Waals surface area contributed by atoms with E-state index in [1.54, 1.807) is 12.3 Å². The molecule has 4 rings (SSSR count). The van der Waals surface area contributed by atoms with Crippen LogP contribution in [0.1, 0.15) is 37.3 Å². The Hall–Kier alpha value is -4.29. The maximum absolute atomic E-state index is 14.4. The molecule has 11 nitrogen and oxygen atoms in total. The predicted molar refractivity (Wildman–Crippen MR) is 119 cm³/mol. The molecule has 0 aliphatic carbocycles. The summed E-state index contributed by atoms with van der Waals surface area (Å²) in [6, 6.07) is 2.31. The molecule has 0 saturated carbocycles. The van der Waals surface area contributed by atoms with Crippen molar-refractivity contribution in [3.8, 4) is 0 Å². The predicted octanol–water partition coefficient (Wildman–Crippen LogP) is 2.79. The number of aliphatic carboxylic acids is 2. The molecule has 0 bridgehead atoms. The lowest BCUT2D eigenvalue weighted by atomic mass is 10.0. The van der Waals surface area contributed by atoms with Crippen molar-refractivity contribution >= 4 is 35.1 Å². The van der Waals surface area contributed by atoms with Gasteiger partial charge in [0, 0.05) is 24.7 Å². The number of urea groups is 1. The molecule has 1 aliphatic rings. The molecule has 2 aromatic heterocycles. The number of amides is 2. The zero-order valence-electron chi connectivity index (χ0n) is 18.3. The van der Waals surface area contributed by atoms with Crippen molar-refractivity contribution in [1.82, 2.24) is 19.9 Å². The summed E-state index contributed by atoms with van der Waals surface area (Å²) in [5, 5.41) is 26.8. The molecule has 0 unspecified atom stereocenters. The fraction of sp³-hybridized carbons (Fsp3) is 0.318. The van der Waals surface area contributed by atoms with E-state index in [4.69, 9.17) is 5.11 Å². The zero-order chi connectivity index (χ0) is 25.1. The van der Waals surface area contributed by atoms with Crippen molar-refractivity contribution in [2.45, 2.75) is 37.8 Å². The van der Waals surface area contributed by atoms with Crippen LogP contribution in [0.25, 0.3) is 5.65 Å². The Kier molecular flexibility index (Phi) is 6.75. The van der Waals surface area contributed by atoms with Gasteiger partial charge in [0.25, 0.3) is 0 Å². The first-order valence-corrected chi connectivity index (χ1v) is 10.8. The highest BCUT2D eigenvalue weighted by atomic mass is 19.1. The number of anilines is 2. The molecule has 2 amide bonds. The van der Waals surface area contributed by atoms with Gasteiger partial charge in [-0.2, -0.15) is 5.10 Å². The number of carbonyl (C=O) groups excluding carboxylic acids is 1. The van der Waals surface area contributed by atoms with Crippen molar-refractivity contribution in [3.05, 3.63) is 53.9 Å². The number of carboxylic acid groups (broad SMARTS) is 2. The molecule has 3 heterocycles. The molecule has 0 spiro atoms. The van der Waals surface area contributed by atoms with E-state index in [1.165, 1.54) is 16.8 Å². The summed E-state index contributed by atoms with van der Waals surface area (Å²) in [6.45, 7) is 0.561. The summed E-state index contributed by atoms with van der Waals surface area (Å²) in [7, 11) is 0. The van der Waals surface area contributed by atoms with Crippen LogP contribution in [-0.2, 0) is 9.59 Å². The van der Waals surface area contributed by atoms with Gasteiger partial charge in [-0.05, 0) is 43.5 Å².